The SMILES string of the molecule is CC(=O)OC(=O)CCC(=O)OCO. The second-order valence-electron chi connectivity index (χ2n) is 2.11. The van der Waals surface area contributed by atoms with Crippen LogP contribution in [0.1, 0.15) is 19.8 Å². The van der Waals surface area contributed by atoms with E-state index in [0.29, 0.717) is 0 Å². The molecule has 0 spiro atoms. The Hall–Kier alpha value is -1.43. The molecule has 0 radical (unpaired) electrons. The van der Waals surface area contributed by atoms with Crippen molar-refractivity contribution in [3.63, 3.8) is 0 Å². The minimum Gasteiger partial charge on any atom is -0.439 e. The van der Waals surface area contributed by atoms with E-state index < -0.39 is 24.7 Å². The number of esters is 3. The van der Waals surface area contributed by atoms with E-state index in [4.69, 9.17) is 5.11 Å². The van der Waals surface area contributed by atoms with Crippen LogP contribution < -0.4 is 0 Å². The highest BCUT2D eigenvalue weighted by Gasteiger charge is 2.10. The average molecular weight is 190 g/mol. The van der Waals surface area contributed by atoms with Crippen LogP contribution in [0.15, 0.2) is 0 Å². The Kier molecular flexibility index (Phi) is 5.45. The highest BCUT2D eigenvalue weighted by Crippen LogP contribution is 1.95. The predicted octanol–water partition coefficient (Wildman–Crippen LogP) is -0.651. The third kappa shape index (κ3) is 6.95. The van der Waals surface area contributed by atoms with E-state index in [-0.39, 0.29) is 12.8 Å². The van der Waals surface area contributed by atoms with Gasteiger partial charge >= 0.3 is 17.9 Å². The van der Waals surface area contributed by atoms with Crippen molar-refractivity contribution in [2.45, 2.75) is 19.8 Å². The summed E-state index contributed by atoms with van der Waals surface area (Å²) in [5.74, 6) is -2.23. The maximum atomic E-state index is 10.6. The third-order valence-electron chi connectivity index (χ3n) is 1.02. The van der Waals surface area contributed by atoms with Crippen molar-refractivity contribution >= 4 is 17.9 Å². The predicted molar refractivity (Wildman–Crippen MR) is 39.2 cm³/mol. The molecule has 0 bridgehead atoms. The van der Waals surface area contributed by atoms with Crippen LogP contribution in [0.3, 0.4) is 0 Å². The molecule has 0 unspecified atom stereocenters. The van der Waals surface area contributed by atoms with Gasteiger partial charge in [-0.15, -0.1) is 0 Å². The van der Waals surface area contributed by atoms with E-state index in [1.807, 2.05) is 0 Å². The molecule has 0 heterocycles. The minimum absolute atomic E-state index is 0.216. The zero-order valence-corrected chi connectivity index (χ0v) is 7.11. The van der Waals surface area contributed by atoms with Crippen LogP contribution in [0.5, 0.6) is 0 Å². The average Bonchev–Trinajstić information content (AvgIpc) is 2.00. The first-order valence-electron chi connectivity index (χ1n) is 3.54. The largest absolute Gasteiger partial charge is 0.439 e. The summed E-state index contributed by atoms with van der Waals surface area (Å²) in [7, 11) is 0. The van der Waals surface area contributed by atoms with Crippen LogP contribution in [0.2, 0.25) is 0 Å². The molecule has 0 aromatic rings. The van der Waals surface area contributed by atoms with Crippen LogP contribution in [-0.4, -0.2) is 29.8 Å². The molecule has 0 aliphatic heterocycles. The quantitative estimate of drug-likeness (QED) is 0.360. The van der Waals surface area contributed by atoms with Crippen LogP contribution in [0.25, 0.3) is 0 Å². The summed E-state index contributed by atoms with van der Waals surface area (Å²) in [6, 6.07) is 0. The number of hydrogen-bond donors (Lipinski definition) is 1. The second kappa shape index (κ2) is 6.13. The Balaban J connectivity index is 3.58. The Labute approximate surface area is 74.4 Å². The maximum absolute atomic E-state index is 10.6. The van der Waals surface area contributed by atoms with Crippen molar-refractivity contribution in [3.05, 3.63) is 0 Å². The molecule has 6 heteroatoms. The second-order valence-corrected chi connectivity index (χ2v) is 2.11. The molecule has 1 N–H and O–H groups in total. The van der Waals surface area contributed by atoms with Gasteiger partial charge < -0.3 is 14.6 Å². The molecular weight excluding hydrogens is 180 g/mol. The molecule has 0 aromatic heterocycles. The Morgan fingerprint density at radius 3 is 2.15 bits per heavy atom. The molecule has 13 heavy (non-hydrogen) atoms. The van der Waals surface area contributed by atoms with Crippen molar-refractivity contribution in [1.29, 1.82) is 0 Å². The van der Waals surface area contributed by atoms with Gasteiger partial charge in [-0.25, -0.2) is 0 Å². The Morgan fingerprint density at radius 2 is 1.69 bits per heavy atom. The van der Waals surface area contributed by atoms with E-state index in [1.54, 1.807) is 0 Å². The van der Waals surface area contributed by atoms with E-state index >= 15 is 0 Å². The van der Waals surface area contributed by atoms with Crippen LogP contribution in [-0.2, 0) is 23.9 Å². The topological polar surface area (TPSA) is 89.9 Å². The van der Waals surface area contributed by atoms with Gasteiger partial charge in [-0.2, -0.15) is 0 Å². The summed E-state index contributed by atoms with van der Waals surface area (Å²) in [5, 5.41) is 8.13. The molecule has 0 saturated heterocycles. The van der Waals surface area contributed by atoms with Gasteiger partial charge in [0.05, 0.1) is 12.8 Å². The van der Waals surface area contributed by atoms with Crippen molar-refractivity contribution in [2.75, 3.05) is 6.79 Å². The molecule has 0 saturated carbocycles. The number of hydrogen-bond acceptors (Lipinski definition) is 6. The van der Waals surface area contributed by atoms with Gasteiger partial charge in [0.15, 0.2) is 6.79 Å². The van der Waals surface area contributed by atoms with E-state index in [1.165, 1.54) is 0 Å². The van der Waals surface area contributed by atoms with Crippen LogP contribution >= 0.6 is 0 Å². The molecule has 0 aliphatic carbocycles. The minimum atomic E-state index is -0.789. The van der Waals surface area contributed by atoms with E-state index in [0.717, 1.165) is 6.92 Å². The van der Waals surface area contributed by atoms with Gasteiger partial charge in [-0.05, 0) is 0 Å². The molecule has 6 nitrogen and oxygen atoms in total. The smallest absolute Gasteiger partial charge is 0.314 e. The highest BCUT2D eigenvalue weighted by atomic mass is 16.6. The lowest BCUT2D eigenvalue weighted by atomic mass is 10.3. The fourth-order valence-electron chi connectivity index (χ4n) is 0.560. The van der Waals surface area contributed by atoms with Gasteiger partial charge in [-0.3, -0.25) is 14.4 Å². The fraction of sp³-hybridized carbons (Fsp3) is 0.571. The standard InChI is InChI=1S/C7H10O6/c1-5(9)13-7(11)3-2-6(10)12-4-8/h8H,2-4H2,1H3. The lowest BCUT2D eigenvalue weighted by Gasteiger charge is -2.00. The van der Waals surface area contributed by atoms with Crippen molar-refractivity contribution in [1.82, 2.24) is 0 Å². The first kappa shape index (κ1) is 11.6. The first-order chi connectivity index (χ1) is 6.06. The normalized spacial score (nSPS) is 9.08. The number of carbonyl (C=O) groups is 3. The van der Waals surface area contributed by atoms with E-state index in [9.17, 15) is 14.4 Å². The zero-order chi connectivity index (χ0) is 10.3. The van der Waals surface area contributed by atoms with Gasteiger partial charge in [0.2, 0.25) is 0 Å². The van der Waals surface area contributed by atoms with Gasteiger partial charge in [0.25, 0.3) is 0 Å². The summed E-state index contributed by atoms with van der Waals surface area (Å²) >= 11 is 0. The number of carbonyl (C=O) groups excluding carboxylic acids is 3. The molecule has 0 amide bonds. The molecular formula is C7H10O6. The lowest BCUT2D eigenvalue weighted by Crippen LogP contribution is -2.12. The monoisotopic (exact) mass is 190 g/mol. The van der Waals surface area contributed by atoms with Crippen LogP contribution in [0.4, 0.5) is 0 Å². The zero-order valence-electron chi connectivity index (χ0n) is 7.11. The number of ether oxygens (including phenoxy) is 2. The summed E-state index contributed by atoms with van der Waals surface area (Å²) in [6.07, 6.45) is -0.453. The first-order valence-corrected chi connectivity index (χ1v) is 3.54. The van der Waals surface area contributed by atoms with E-state index in [2.05, 4.69) is 9.47 Å². The van der Waals surface area contributed by atoms with Gasteiger partial charge in [-0.1, -0.05) is 0 Å². The number of rotatable bonds is 4. The Bertz CT molecular complexity index is 209. The highest BCUT2D eigenvalue weighted by molar-refractivity contribution is 5.86. The molecule has 0 aromatic carbocycles. The maximum Gasteiger partial charge on any atom is 0.314 e. The fourth-order valence-corrected chi connectivity index (χ4v) is 0.560. The third-order valence-corrected chi connectivity index (χ3v) is 1.02. The summed E-state index contributed by atoms with van der Waals surface area (Å²) in [6.45, 7) is 0.366. The molecule has 0 fully saturated rings. The Morgan fingerprint density at radius 1 is 1.15 bits per heavy atom. The molecule has 74 valence electrons. The number of aliphatic hydroxyl groups is 1. The molecule has 0 atom stereocenters. The van der Waals surface area contributed by atoms with Gasteiger partial charge in [0.1, 0.15) is 0 Å². The number of aliphatic hydroxyl groups excluding tert-OH is 1. The summed E-state index contributed by atoms with van der Waals surface area (Å²) in [4.78, 5) is 31.4. The summed E-state index contributed by atoms with van der Waals surface area (Å²) in [5.41, 5.74) is 0. The molecule has 0 rings (SSSR count). The summed E-state index contributed by atoms with van der Waals surface area (Å²) < 4.78 is 8.25. The lowest BCUT2D eigenvalue weighted by molar-refractivity contribution is -0.161. The van der Waals surface area contributed by atoms with Crippen LogP contribution in [0, 0.1) is 0 Å². The van der Waals surface area contributed by atoms with Gasteiger partial charge in [0, 0.05) is 6.92 Å². The van der Waals surface area contributed by atoms with Crippen molar-refractivity contribution < 1.29 is 29.0 Å². The van der Waals surface area contributed by atoms with Crippen molar-refractivity contribution in [3.8, 4) is 0 Å². The van der Waals surface area contributed by atoms with Crippen molar-refractivity contribution in [2.24, 2.45) is 0 Å². The molecule has 0 aliphatic rings.